The number of hydrogen-bond donors (Lipinski definition) is 1. The molecule has 2 aliphatic rings. The maximum absolute atomic E-state index is 10.7. The average molecular weight is 546 g/mol. The van der Waals surface area contributed by atoms with Gasteiger partial charge in [0.2, 0.25) is 0 Å². The number of nitrogens with zero attached hydrogens (tertiary/aromatic N) is 3. The van der Waals surface area contributed by atoms with Gasteiger partial charge in [0.15, 0.2) is 0 Å². The molecule has 0 saturated carbocycles. The van der Waals surface area contributed by atoms with Crippen LogP contribution < -0.4 is 4.74 Å². The lowest BCUT2D eigenvalue weighted by Crippen LogP contribution is -2.44. The quantitative estimate of drug-likeness (QED) is 0.343. The fourth-order valence-corrected chi connectivity index (χ4v) is 5.91. The highest BCUT2D eigenvalue weighted by atomic mass is 35.5. The largest absolute Gasteiger partial charge is 0.487 e. The number of ether oxygens (including phenoxy) is 1. The summed E-state index contributed by atoms with van der Waals surface area (Å²) < 4.78 is 6.16. The van der Waals surface area contributed by atoms with Gasteiger partial charge in [-0.3, -0.25) is 9.88 Å². The number of hydrogen-bond acceptors (Lipinski definition) is 5. The number of likely N-dealkylation sites (tertiary alicyclic amines) is 1. The number of pyridine rings is 1. The highest BCUT2D eigenvalue weighted by Crippen LogP contribution is 2.38. The minimum Gasteiger partial charge on any atom is -0.487 e. The summed E-state index contributed by atoms with van der Waals surface area (Å²) in [5, 5.41) is 11.5. The number of fused-ring (bicyclic) bond motifs is 2. The minimum absolute atomic E-state index is 0.444. The fourth-order valence-electron chi connectivity index (χ4n) is 5.78. The molecule has 1 saturated heterocycles. The first-order valence-electron chi connectivity index (χ1n) is 14.2. The van der Waals surface area contributed by atoms with Crippen LogP contribution in [0, 0.1) is 0 Å². The number of halogens is 1. The highest BCUT2D eigenvalue weighted by molar-refractivity contribution is 6.30. The topological polar surface area (TPSA) is 48.8 Å². The maximum Gasteiger partial charge on any atom is 0.131 e. The van der Waals surface area contributed by atoms with Crippen LogP contribution in [0.3, 0.4) is 0 Å². The summed E-state index contributed by atoms with van der Waals surface area (Å²) in [5.74, 6) is 0.841. The van der Waals surface area contributed by atoms with Crippen molar-refractivity contribution < 1.29 is 9.84 Å². The number of benzene rings is 2. The smallest absolute Gasteiger partial charge is 0.131 e. The van der Waals surface area contributed by atoms with Gasteiger partial charge in [0.05, 0.1) is 11.3 Å². The van der Waals surface area contributed by atoms with Crippen LogP contribution in [-0.2, 0) is 18.8 Å². The molecule has 5 rings (SSSR count). The summed E-state index contributed by atoms with van der Waals surface area (Å²) >= 11 is 6.08. The Morgan fingerprint density at radius 3 is 2.59 bits per heavy atom. The van der Waals surface area contributed by atoms with Crippen molar-refractivity contribution in [3.05, 3.63) is 99.8 Å². The number of piperidine rings is 1. The van der Waals surface area contributed by atoms with Crippen LogP contribution in [0.25, 0.3) is 5.57 Å². The monoisotopic (exact) mass is 545 g/mol. The van der Waals surface area contributed by atoms with E-state index in [1.165, 1.54) is 18.4 Å². The first-order chi connectivity index (χ1) is 18.8. The van der Waals surface area contributed by atoms with Crippen molar-refractivity contribution in [2.24, 2.45) is 0 Å². The third-order valence-electron chi connectivity index (χ3n) is 8.09. The van der Waals surface area contributed by atoms with E-state index in [1.807, 2.05) is 50.4 Å². The van der Waals surface area contributed by atoms with E-state index in [9.17, 15) is 5.11 Å². The van der Waals surface area contributed by atoms with Gasteiger partial charge >= 0.3 is 0 Å². The summed E-state index contributed by atoms with van der Waals surface area (Å²) in [6.45, 7) is 11.6. The lowest BCUT2D eigenvalue weighted by atomic mass is 9.90. The Kier molecular flexibility index (Phi) is 8.73. The average Bonchev–Trinajstić information content (AvgIpc) is 3.09. The van der Waals surface area contributed by atoms with Crippen molar-refractivity contribution >= 4 is 17.2 Å². The Bertz CT molecular complexity index is 1290. The predicted molar refractivity (Wildman–Crippen MR) is 159 cm³/mol. The van der Waals surface area contributed by atoms with Gasteiger partial charge in [-0.05, 0) is 99.8 Å². The van der Waals surface area contributed by atoms with Crippen LogP contribution in [0.1, 0.15) is 68.0 Å². The van der Waals surface area contributed by atoms with E-state index in [-0.39, 0.29) is 0 Å². The van der Waals surface area contributed by atoms with Crippen LogP contribution in [0.5, 0.6) is 5.75 Å². The fraction of sp³-hybridized carbons (Fsp3) is 0.424. The summed E-state index contributed by atoms with van der Waals surface area (Å²) in [6.07, 6.45) is 7.50. The Balaban J connectivity index is 1.26. The molecule has 6 heteroatoms. The number of aromatic nitrogens is 1. The molecular formula is C33H40ClN3O2. The molecule has 5 nitrogen and oxygen atoms in total. The zero-order valence-electron chi connectivity index (χ0n) is 23.4. The zero-order valence-corrected chi connectivity index (χ0v) is 24.1. The minimum atomic E-state index is -0.922. The summed E-state index contributed by atoms with van der Waals surface area (Å²) in [5.41, 5.74) is 5.52. The van der Waals surface area contributed by atoms with E-state index in [0.29, 0.717) is 12.6 Å². The molecule has 0 amide bonds. The van der Waals surface area contributed by atoms with E-state index in [2.05, 4.69) is 52.0 Å². The van der Waals surface area contributed by atoms with Gasteiger partial charge in [-0.1, -0.05) is 48.9 Å². The molecule has 2 aliphatic heterocycles. The third kappa shape index (κ3) is 6.72. The Labute approximate surface area is 238 Å². The van der Waals surface area contributed by atoms with Crippen molar-refractivity contribution in [1.82, 2.24) is 14.8 Å². The van der Waals surface area contributed by atoms with Gasteiger partial charge in [-0.15, -0.1) is 0 Å². The van der Waals surface area contributed by atoms with E-state index in [4.69, 9.17) is 16.3 Å². The van der Waals surface area contributed by atoms with E-state index in [1.54, 1.807) is 0 Å². The molecule has 3 aromatic rings. The molecular weight excluding hydrogens is 506 g/mol. The van der Waals surface area contributed by atoms with Gasteiger partial charge < -0.3 is 14.7 Å². The molecule has 0 aliphatic carbocycles. The highest BCUT2D eigenvalue weighted by Gasteiger charge is 2.25. The van der Waals surface area contributed by atoms with E-state index in [0.717, 1.165) is 77.9 Å². The molecule has 0 radical (unpaired) electrons. The molecule has 39 heavy (non-hydrogen) atoms. The van der Waals surface area contributed by atoms with Crippen LogP contribution in [-0.4, -0.2) is 52.1 Å². The second kappa shape index (κ2) is 12.2. The molecule has 1 fully saturated rings. The van der Waals surface area contributed by atoms with Gasteiger partial charge in [0.1, 0.15) is 12.4 Å². The van der Waals surface area contributed by atoms with Crippen molar-refractivity contribution in [3.63, 3.8) is 0 Å². The predicted octanol–water partition coefficient (Wildman–Crippen LogP) is 6.66. The lowest BCUT2D eigenvalue weighted by Gasteiger charge is -2.38. The molecule has 1 N–H and O–H groups in total. The molecule has 0 spiro atoms. The molecule has 1 aromatic heterocycles. The summed E-state index contributed by atoms with van der Waals surface area (Å²) in [7, 11) is 0. The number of aliphatic hydroxyl groups is 1. The van der Waals surface area contributed by atoms with Gasteiger partial charge in [-0.25, -0.2) is 0 Å². The second-order valence-corrected chi connectivity index (χ2v) is 11.7. The van der Waals surface area contributed by atoms with Crippen molar-refractivity contribution in [2.75, 3.05) is 26.2 Å². The molecule has 0 atom stereocenters. The molecule has 0 unspecified atom stereocenters. The van der Waals surface area contributed by atoms with Crippen molar-refractivity contribution in [2.45, 2.75) is 64.8 Å². The standard InChI is InChI=1S/C33H40ClN3O2/c1-4-37(22-24-9-12-26(34)13-10-24)27-15-19-36(20-16-27)18-6-8-28-29-7-5-17-35-31(29)23-39-32-14-11-25(21-30(28)32)33(2,3)38/h5,7-14,17,21,27,38H,4,6,15-16,18-20,22-23H2,1-3H3/b28-8+. The van der Waals surface area contributed by atoms with Crippen molar-refractivity contribution in [1.29, 1.82) is 0 Å². The Hall–Kier alpha value is -2.70. The van der Waals surface area contributed by atoms with Crippen LogP contribution in [0.15, 0.2) is 66.9 Å². The van der Waals surface area contributed by atoms with E-state index >= 15 is 0 Å². The van der Waals surface area contributed by atoms with E-state index < -0.39 is 5.60 Å². The summed E-state index contributed by atoms with van der Waals surface area (Å²) in [4.78, 5) is 9.81. The molecule has 3 heterocycles. The Morgan fingerprint density at radius 2 is 1.87 bits per heavy atom. The van der Waals surface area contributed by atoms with Crippen molar-refractivity contribution in [3.8, 4) is 5.75 Å². The second-order valence-electron chi connectivity index (χ2n) is 11.2. The van der Waals surface area contributed by atoms with Crippen LogP contribution in [0.2, 0.25) is 5.02 Å². The molecule has 2 aromatic carbocycles. The van der Waals surface area contributed by atoms with Gasteiger partial charge in [0.25, 0.3) is 0 Å². The Morgan fingerprint density at radius 1 is 1.10 bits per heavy atom. The third-order valence-corrected chi connectivity index (χ3v) is 8.35. The summed E-state index contributed by atoms with van der Waals surface area (Å²) in [6, 6.07) is 19.0. The van der Waals surface area contributed by atoms with Crippen LogP contribution in [0.4, 0.5) is 0 Å². The zero-order chi connectivity index (χ0) is 27.4. The number of rotatable bonds is 8. The van der Waals surface area contributed by atoms with Gasteiger partial charge in [0, 0.05) is 41.5 Å². The molecule has 206 valence electrons. The normalized spacial score (nSPS) is 17.5. The molecule has 0 bridgehead atoms. The first-order valence-corrected chi connectivity index (χ1v) is 14.5. The first kappa shape index (κ1) is 27.9. The SMILES string of the molecule is CCN(Cc1ccc(Cl)cc1)C1CCN(CC/C=C2/c3cc(C(C)(C)O)ccc3OCc3ncccc32)CC1. The van der Waals surface area contributed by atoms with Gasteiger partial charge in [-0.2, -0.15) is 0 Å². The van der Waals surface area contributed by atoms with Crippen LogP contribution >= 0.6 is 11.6 Å². The lowest BCUT2D eigenvalue weighted by molar-refractivity contribution is 0.0785. The maximum atomic E-state index is 10.7.